The monoisotopic (exact) mass is 437 g/mol. The number of anilines is 1. The largest absolute Gasteiger partial charge is 0.396 e. The van der Waals surface area contributed by atoms with Crippen LogP contribution in [0.1, 0.15) is 18.4 Å². The van der Waals surface area contributed by atoms with E-state index < -0.39 is 11.2 Å². The lowest BCUT2D eigenvalue weighted by Gasteiger charge is -2.34. The molecule has 0 saturated heterocycles. The lowest BCUT2D eigenvalue weighted by atomic mass is 9.81. The van der Waals surface area contributed by atoms with Gasteiger partial charge in [-0.05, 0) is 36.5 Å². The highest BCUT2D eigenvalue weighted by Gasteiger charge is 2.30. The number of hydrogen-bond acceptors (Lipinski definition) is 5. The minimum absolute atomic E-state index is 0.0765. The van der Waals surface area contributed by atoms with Gasteiger partial charge in [0, 0.05) is 26.7 Å². The summed E-state index contributed by atoms with van der Waals surface area (Å²) in [7, 11) is 3.34. The molecule has 3 aromatic rings. The fraction of sp³-hybridized carbons (Fsp3) is 0.421. The molecule has 2 heterocycles. The summed E-state index contributed by atoms with van der Waals surface area (Å²) in [6.45, 7) is 0.252. The molecule has 1 saturated carbocycles. The van der Waals surface area contributed by atoms with Crippen molar-refractivity contribution < 1.29 is 5.11 Å². The van der Waals surface area contributed by atoms with Gasteiger partial charge in [0.25, 0.3) is 5.56 Å². The minimum atomic E-state index is -0.456. The number of rotatable bonds is 5. The average molecular weight is 438 g/mol. The van der Waals surface area contributed by atoms with Crippen LogP contribution in [0.5, 0.6) is 0 Å². The molecular formula is C19H21Cl2N5O3. The van der Waals surface area contributed by atoms with Crippen LogP contribution in [0.25, 0.3) is 11.2 Å². The first kappa shape index (κ1) is 20.0. The van der Waals surface area contributed by atoms with E-state index in [9.17, 15) is 14.7 Å². The van der Waals surface area contributed by atoms with Crippen LogP contribution in [0.3, 0.4) is 0 Å². The Balaban J connectivity index is 1.75. The Kier molecular flexibility index (Phi) is 5.18. The van der Waals surface area contributed by atoms with E-state index in [0.29, 0.717) is 38.6 Å². The maximum absolute atomic E-state index is 13.1. The van der Waals surface area contributed by atoms with E-state index in [4.69, 9.17) is 23.2 Å². The van der Waals surface area contributed by atoms with Gasteiger partial charge in [0.2, 0.25) is 5.95 Å². The molecule has 1 fully saturated rings. The number of imidazole rings is 1. The zero-order chi connectivity index (χ0) is 20.9. The summed E-state index contributed by atoms with van der Waals surface area (Å²) in [5, 5.41) is 13.3. The summed E-state index contributed by atoms with van der Waals surface area (Å²) in [6.07, 6.45) is 1.69. The fourth-order valence-electron chi connectivity index (χ4n) is 3.72. The molecule has 0 amide bonds. The zero-order valence-corrected chi connectivity index (χ0v) is 17.5. The van der Waals surface area contributed by atoms with Gasteiger partial charge in [0.05, 0.1) is 16.6 Å². The van der Waals surface area contributed by atoms with E-state index in [1.165, 1.54) is 9.13 Å². The molecule has 1 aliphatic rings. The number of aryl methyl sites for hydroxylation is 2. The van der Waals surface area contributed by atoms with Gasteiger partial charge in [-0.25, -0.2) is 4.79 Å². The summed E-state index contributed by atoms with van der Waals surface area (Å²) in [5.41, 5.74) is 0.491. The van der Waals surface area contributed by atoms with Crippen LogP contribution >= 0.6 is 23.2 Å². The quantitative estimate of drug-likeness (QED) is 0.636. The van der Waals surface area contributed by atoms with Crippen molar-refractivity contribution in [2.24, 2.45) is 20.0 Å². The van der Waals surface area contributed by atoms with Crippen molar-refractivity contribution in [2.75, 3.05) is 11.9 Å². The predicted molar refractivity (Wildman–Crippen MR) is 113 cm³/mol. The standard InChI is InChI=1S/C19H21Cl2N5O3/c1-24-15-16(23-18(24)22-12-5-11(6-12)9-27)25(2)19(29)26(17(15)28)8-10-3-4-13(20)14(21)7-10/h3-4,7,11-12,27H,5-6,8-9H2,1-2H3,(H,22,23)/t11-,12+. The highest BCUT2D eigenvalue weighted by atomic mass is 35.5. The number of nitrogens with zero attached hydrogens (tertiary/aromatic N) is 4. The van der Waals surface area contributed by atoms with Gasteiger partial charge >= 0.3 is 5.69 Å². The molecule has 8 nitrogen and oxygen atoms in total. The van der Waals surface area contributed by atoms with Crippen LogP contribution in [0.4, 0.5) is 5.95 Å². The SMILES string of the molecule is Cn1c(N[C@H]2C[C@@H](CO)C2)nc2c1c(=O)n(Cc1ccc(Cl)c(Cl)c1)c(=O)n2C. The van der Waals surface area contributed by atoms with Gasteiger partial charge in [0.15, 0.2) is 11.2 Å². The number of aromatic nitrogens is 4. The third kappa shape index (κ3) is 3.45. The van der Waals surface area contributed by atoms with Gasteiger partial charge < -0.3 is 15.0 Å². The second-order valence-corrected chi connectivity index (χ2v) is 8.32. The lowest BCUT2D eigenvalue weighted by Crippen LogP contribution is -2.39. The second kappa shape index (κ2) is 7.51. The van der Waals surface area contributed by atoms with Gasteiger partial charge in [-0.3, -0.25) is 13.9 Å². The first-order valence-corrected chi connectivity index (χ1v) is 10.0. The molecular weight excluding hydrogens is 417 g/mol. The number of benzene rings is 1. The number of fused-ring (bicyclic) bond motifs is 1. The first-order chi connectivity index (χ1) is 13.8. The number of halogens is 2. The number of nitrogens with one attached hydrogen (secondary N) is 1. The summed E-state index contributed by atoms with van der Waals surface area (Å²) in [6, 6.07) is 5.20. The van der Waals surface area contributed by atoms with Crippen molar-refractivity contribution in [2.45, 2.75) is 25.4 Å². The van der Waals surface area contributed by atoms with Gasteiger partial charge in [-0.1, -0.05) is 29.3 Å². The highest BCUT2D eigenvalue weighted by Crippen LogP contribution is 2.29. The molecule has 0 bridgehead atoms. The van der Waals surface area contributed by atoms with Crippen LogP contribution in [-0.4, -0.2) is 36.4 Å². The van der Waals surface area contributed by atoms with Crippen LogP contribution in [-0.2, 0) is 20.6 Å². The molecule has 0 unspecified atom stereocenters. The Morgan fingerprint density at radius 2 is 1.90 bits per heavy atom. The Labute approximate surface area is 176 Å². The molecule has 0 aliphatic heterocycles. The lowest BCUT2D eigenvalue weighted by molar-refractivity contribution is 0.151. The van der Waals surface area contributed by atoms with Crippen molar-refractivity contribution in [3.8, 4) is 0 Å². The number of aliphatic hydroxyl groups excluding tert-OH is 1. The minimum Gasteiger partial charge on any atom is -0.396 e. The van der Waals surface area contributed by atoms with E-state index in [-0.39, 0.29) is 19.2 Å². The third-order valence-electron chi connectivity index (χ3n) is 5.51. The Morgan fingerprint density at radius 1 is 1.17 bits per heavy atom. The van der Waals surface area contributed by atoms with Crippen molar-refractivity contribution in [3.63, 3.8) is 0 Å². The van der Waals surface area contributed by atoms with E-state index in [2.05, 4.69) is 10.3 Å². The molecule has 0 spiro atoms. The molecule has 1 aromatic carbocycles. The number of hydrogen-bond donors (Lipinski definition) is 2. The number of aliphatic hydroxyl groups is 1. The Bertz CT molecular complexity index is 1210. The molecule has 2 N–H and O–H groups in total. The van der Waals surface area contributed by atoms with Crippen LogP contribution in [0, 0.1) is 5.92 Å². The molecule has 0 atom stereocenters. The molecule has 154 valence electrons. The first-order valence-electron chi connectivity index (χ1n) is 9.27. The molecule has 0 radical (unpaired) electrons. The van der Waals surface area contributed by atoms with Gasteiger partial charge in [-0.15, -0.1) is 0 Å². The Hall–Kier alpha value is -2.29. The van der Waals surface area contributed by atoms with E-state index in [1.54, 1.807) is 36.9 Å². The van der Waals surface area contributed by atoms with Crippen molar-refractivity contribution in [1.82, 2.24) is 18.7 Å². The van der Waals surface area contributed by atoms with Crippen molar-refractivity contribution in [1.29, 1.82) is 0 Å². The normalized spacial score (nSPS) is 18.8. The maximum Gasteiger partial charge on any atom is 0.332 e. The highest BCUT2D eigenvalue weighted by molar-refractivity contribution is 6.42. The van der Waals surface area contributed by atoms with Crippen molar-refractivity contribution in [3.05, 3.63) is 54.6 Å². The van der Waals surface area contributed by atoms with E-state index in [1.807, 2.05) is 0 Å². The smallest absolute Gasteiger partial charge is 0.332 e. The topological polar surface area (TPSA) is 94.1 Å². The Morgan fingerprint density at radius 3 is 2.55 bits per heavy atom. The zero-order valence-electron chi connectivity index (χ0n) is 16.0. The van der Waals surface area contributed by atoms with E-state index >= 15 is 0 Å². The molecule has 10 heteroatoms. The molecule has 2 aromatic heterocycles. The van der Waals surface area contributed by atoms with Crippen LogP contribution in [0.15, 0.2) is 27.8 Å². The van der Waals surface area contributed by atoms with Gasteiger partial charge in [0.1, 0.15) is 0 Å². The van der Waals surface area contributed by atoms with Crippen LogP contribution < -0.4 is 16.6 Å². The van der Waals surface area contributed by atoms with Gasteiger partial charge in [-0.2, -0.15) is 4.98 Å². The molecule has 29 heavy (non-hydrogen) atoms. The molecule has 4 rings (SSSR count). The maximum atomic E-state index is 13.1. The average Bonchev–Trinajstić information content (AvgIpc) is 2.99. The predicted octanol–water partition coefficient (Wildman–Crippen LogP) is 1.97. The second-order valence-electron chi connectivity index (χ2n) is 7.51. The van der Waals surface area contributed by atoms with E-state index in [0.717, 1.165) is 12.8 Å². The summed E-state index contributed by atoms with van der Waals surface area (Å²) in [4.78, 5) is 30.4. The third-order valence-corrected chi connectivity index (χ3v) is 6.25. The molecule has 1 aliphatic carbocycles. The van der Waals surface area contributed by atoms with Crippen molar-refractivity contribution >= 4 is 40.3 Å². The fourth-order valence-corrected chi connectivity index (χ4v) is 4.04. The summed E-state index contributed by atoms with van der Waals surface area (Å²) >= 11 is 12.0. The van der Waals surface area contributed by atoms with Crippen LogP contribution in [0.2, 0.25) is 10.0 Å². The summed E-state index contributed by atoms with van der Waals surface area (Å²) < 4.78 is 4.21. The summed E-state index contributed by atoms with van der Waals surface area (Å²) in [5.74, 6) is 0.829.